The molecular weight excluding hydrogens is 224 g/mol. The highest BCUT2D eigenvalue weighted by Gasteiger charge is 2.46. The molecule has 0 radical (unpaired) electrons. The normalized spacial score (nSPS) is 33.6. The molecule has 0 aliphatic heterocycles. The molecule has 0 amide bonds. The van der Waals surface area contributed by atoms with E-state index in [4.69, 9.17) is 0 Å². The van der Waals surface area contributed by atoms with Crippen molar-refractivity contribution in [2.24, 2.45) is 23.7 Å². The molecule has 2 rings (SSSR count). The van der Waals surface area contributed by atoms with E-state index in [0.717, 1.165) is 12.8 Å². The van der Waals surface area contributed by atoms with Crippen molar-refractivity contribution in [2.75, 3.05) is 0 Å². The van der Waals surface area contributed by atoms with E-state index in [1.807, 2.05) is 6.92 Å². The van der Waals surface area contributed by atoms with Crippen LogP contribution in [0.5, 0.6) is 0 Å². The van der Waals surface area contributed by atoms with Crippen LogP contribution in [0.25, 0.3) is 0 Å². The van der Waals surface area contributed by atoms with Gasteiger partial charge in [-0.2, -0.15) is 0 Å². The highest BCUT2D eigenvalue weighted by molar-refractivity contribution is 5.80. The molecule has 2 heteroatoms. The highest BCUT2D eigenvalue weighted by Crippen LogP contribution is 2.54. The Kier molecular flexibility index (Phi) is 4.36. The Morgan fingerprint density at radius 3 is 2.06 bits per heavy atom. The Hall–Kier alpha value is -0.920. The third kappa shape index (κ3) is 2.90. The molecule has 0 saturated heterocycles. The van der Waals surface area contributed by atoms with Gasteiger partial charge in [0, 0.05) is 25.7 Å². The second-order valence-electron chi connectivity index (χ2n) is 6.08. The number of rotatable bonds is 7. The number of hydrogen-bond donors (Lipinski definition) is 0. The third-order valence-corrected chi connectivity index (χ3v) is 4.90. The molecule has 3 unspecified atom stereocenters. The van der Waals surface area contributed by atoms with Crippen molar-refractivity contribution in [3.8, 4) is 0 Å². The lowest BCUT2D eigenvalue weighted by atomic mass is 9.77. The van der Waals surface area contributed by atoms with E-state index in [9.17, 15) is 9.59 Å². The highest BCUT2D eigenvalue weighted by atomic mass is 16.1. The van der Waals surface area contributed by atoms with Crippen LogP contribution in [-0.2, 0) is 9.59 Å². The fourth-order valence-electron chi connectivity index (χ4n) is 3.99. The molecule has 4 atom stereocenters. The summed E-state index contributed by atoms with van der Waals surface area (Å²) in [7, 11) is 0. The van der Waals surface area contributed by atoms with E-state index in [0.29, 0.717) is 48.1 Å². The van der Waals surface area contributed by atoms with Crippen LogP contribution in [0.2, 0.25) is 0 Å². The maximum atomic E-state index is 11.7. The van der Waals surface area contributed by atoms with Gasteiger partial charge in [-0.25, -0.2) is 0 Å². The van der Waals surface area contributed by atoms with Gasteiger partial charge in [0.15, 0.2) is 0 Å². The largest absolute Gasteiger partial charge is 0.300 e. The number of carbonyl (C=O) groups is 2. The predicted octanol–water partition coefficient (Wildman–Crippen LogP) is 3.55. The fourth-order valence-corrected chi connectivity index (χ4v) is 3.99. The molecule has 18 heavy (non-hydrogen) atoms. The number of hydrogen-bond acceptors (Lipinski definition) is 2. The molecule has 2 saturated carbocycles. The van der Waals surface area contributed by atoms with Crippen molar-refractivity contribution >= 4 is 11.6 Å². The maximum absolute atomic E-state index is 11.7. The van der Waals surface area contributed by atoms with E-state index in [1.54, 1.807) is 6.08 Å². The molecule has 0 heterocycles. The number of Topliss-reactive ketones (excluding diaryl/α,β-unsaturated/α-hetero) is 2. The summed E-state index contributed by atoms with van der Waals surface area (Å²) in [5.41, 5.74) is 0. The molecule has 0 aromatic rings. The molecule has 2 nitrogen and oxygen atoms in total. The van der Waals surface area contributed by atoms with Crippen LogP contribution in [0.3, 0.4) is 0 Å². The van der Waals surface area contributed by atoms with E-state index in [1.165, 1.54) is 19.3 Å². The summed E-state index contributed by atoms with van der Waals surface area (Å²) in [6.45, 7) is 5.57. The van der Waals surface area contributed by atoms with Crippen LogP contribution in [0, 0.1) is 23.7 Å². The van der Waals surface area contributed by atoms with Crippen molar-refractivity contribution in [3.05, 3.63) is 12.7 Å². The van der Waals surface area contributed by atoms with Gasteiger partial charge in [0.1, 0.15) is 11.6 Å². The molecule has 0 aromatic heterocycles. The predicted molar refractivity (Wildman–Crippen MR) is 72.2 cm³/mol. The molecule has 2 aliphatic carbocycles. The molecule has 100 valence electrons. The van der Waals surface area contributed by atoms with Crippen molar-refractivity contribution in [3.63, 3.8) is 0 Å². The molecular formula is C16H24O2. The van der Waals surface area contributed by atoms with Crippen molar-refractivity contribution in [1.29, 1.82) is 0 Å². The lowest BCUT2D eigenvalue weighted by Gasteiger charge is -2.27. The van der Waals surface area contributed by atoms with Crippen molar-refractivity contribution in [1.82, 2.24) is 0 Å². The summed E-state index contributed by atoms with van der Waals surface area (Å²) in [6.07, 6.45) is 8.04. The second-order valence-corrected chi connectivity index (χ2v) is 6.08. The Morgan fingerprint density at radius 1 is 1.06 bits per heavy atom. The molecule has 2 aliphatic rings. The first-order chi connectivity index (χ1) is 8.63. The summed E-state index contributed by atoms with van der Waals surface area (Å²) in [6, 6.07) is 0. The van der Waals surface area contributed by atoms with Gasteiger partial charge >= 0.3 is 0 Å². The molecule has 2 bridgehead atoms. The van der Waals surface area contributed by atoms with Crippen molar-refractivity contribution in [2.45, 2.75) is 51.9 Å². The van der Waals surface area contributed by atoms with Crippen LogP contribution >= 0.6 is 0 Å². The van der Waals surface area contributed by atoms with Crippen molar-refractivity contribution < 1.29 is 9.59 Å². The first-order valence-electron chi connectivity index (χ1n) is 7.28. The average Bonchev–Trinajstić information content (AvgIpc) is 2.88. The first kappa shape index (κ1) is 13.5. The quantitative estimate of drug-likeness (QED) is 0.646. The Labute approximate surface area is 110 Å². The molecule has 0 aromatic carbocycles. The summed E-state index contributed by atoms with van der Waals surface area (Å²) < 4.78 is 0. The van der Waals surface area contributed by atoms with Gasteiger partial charge in [0.2, 0.25) is 0 Å². The van der Waals surface area contributed by atoms with E-state index >= 15 is 0 Å². The van der Waals surface area contributed by atoms with Gasteiger partial charge in [0.05, 0.1) is 0 Å². The van der Waals surface area contributed by atoms with Crippen LogP contribution in [0.15, 0.2) is 12.7 Å². The zero-order valence-electron chi connectivity index (χ0n) is 11.4. The standard InChI is InChI=1S/C16H24O2/c1-3-5-16(18)10-14-8-11-6-12(14)7-13(11)9-15(17)4-2/h3,11-14H,1,4-10H2,2H3/t11-,12?,13?,14?/m1/s1. The lowest BCUT2D eigenvalue weighted by Crippen LogP contribution is -2.22. The number of fused-ring (bicyclic) bond motifs is 2. The van der Waals surface area contributed by atoms with Crippen LogP contribution in [0.1, 0.15) is 51.9 Å². The van der Waals surface area contributed by atoms with Gasteiger partial charge in [-0.05, 0) is 42.9 Å². The smallest absolute Gasteiger partial charge is 0.136 e. The van der Waals surface area contributed by atoms with Gasteiger partial charge in [-0.15, -0.1) is 6.58 Å². The zero-order valence-corrected chi connectivity index (χ0v) is 11.4. The van der Waals surface area contributed by atoms with Gasteiger partial charge in [0.25, 0.3) is 0 Å². The number of allylic oxidation sites excluding steroid dienone is 1. The Morgan fingerprint density at radius 2 is 1.61 bits per heavy atom. The molecule has 0 N–H and O–H groups in total. The van der Waals surface area contributed by atoms with Gasteiger partial charge < -0.3 is 0 Å². The summed E-state index contributed by atoms with van der Waals surface area (Å²) >= 11 is 0. The molecule has 2 fully saturated rings. The number of carbonyl (C=O) groups excluding carboxylic acids is 2. The Balaban J connectivity index is 1.81. The summed E-state index contributed by atoms with van der Waals surface area (Å²) in [5, 5.41) is 0. The van der Waals surface area contributed by atoms with E-state index in [-0.39, 0.29) is 0 Å². The van der Waals surface area contributed by atoms with Crippen LogP contribution in [-0.4, -0.2) is 11.6 Å². The maximum Gasteiger partial charge on any atom is 0.136 e. The van der Waals surface area contributed by atoms with Crippen LogP contribution in [0.4, 0.5) is 0 Å². The van der Waals surface area contributed by atoms with Gasteiger partial charge in [-0.1, -0.05) is 13.0 Å². The topological polar surface area (TPSA) is 34.1 Å². The minimum absolute atomic E-state index is 0.337. The Bertz CT molecular complexity index is 345. The first-order valence-corrected chi connectivity index (χ1v) is 7.28. The number of ketones is 2. The van der Waals surface area contributed by atoms with Gasteiger partial charge in [-0.3, -0.25) is 9.59 Å². The van der Waals surface area contributed by atoms with Crippen LogP contribution < -0.4 is 0 Å². The minimum atomic E-state index is 0.337. The monoisotopic (exact) mass is 248 g/mol. The zero-order chi connectivity index (χ0) is 13.1. The van der Waals surface area contributed by atoms with E-state index in [2.05, 4.69) is 6.58 Å². The minimum Gasteiger partial charge on any atom is -0.300 e. The molecule has 0 spiro atoms. The summed E-state index contributed by atoms with van der Waals surface area (Å²) in [4.78, 5) is 23.2. The average molecular weight is 248 g/mol. The van der Waals surface area contributed by atoms with E-state index < -0.39 is 0 Å². The SMILES string of the molecule is C=CCC(=O)CC1C[C@H]2CC1CC2CC(=O)CC. The fraction of sp³-hybridized carbons (Fsp3) is 0.750. The third-order valence-electron chi connectivity index (χ3n) is 4.90. The summed E-state index contributed by atoms with van der Waals surface area (Å²) in [5.74, 6) is 3.38. The second kappa shape index (κ2) is 5.81. The lowest BCUT2D eigenvalue weighted by molar-refractivity contribution is -0.121.